The molecule has 0 saturated carbocycles. The van der Waals surface area contributed by atoms with Crippen molar-refractivity contribution in [3.05, 3.63) is 65.0 Å². The summed E-state index contributed by atoms with van der Waals surface area (Å²) < 4.78 is 13.4. The van der Waals surface area contributed by atoms with Crippen molar-refractivity contribution in [1.82, 2.24) is 5.43 Å². The molecule has 2 rings (SSSR count). The first-order valence-electron chi connectivity index (χ1n) is 6.99. The molecule has 2 aromatic rings. The molecule has 0 aliphatic rings. The monoisotopic (exact) mass is 287 g/mol. The van der Waals surface area contributed by atoms with Gasteiger partial charge < -0.3 is 4.90 Å². The zero-order chi connectivity index (χ0) is 15.4. The van der Waals surface area contributed by atoms with Gasteiger partial charge in [0.25, 0.3) is 0 Å². The lowest BCUT2D eigenvalue weighted by Gasteiger charge is -2.19. The van der Waals surface area contributed by atoms with Crippen molar-refractivity contribution < 1.29 is 4.39 Å². The van der Waals surface area contributed by atoms with Gasteiger partial charge in [-0.1, -0.05) is 18.2 Å². The number of aryl methyl sites for hydroxylation is 1. The van der Waals surface area contributed by atoms with Crippen molar-refractivity contribution >= 4 is 5.69 Å². The van der Waals surface area contributed by atoms with Crippen molar-refractivity contribution in [1.29, 1.82) is 0 Å². The fourth-order valence-electron chi connectivity index (χ4n) is 2.36. The summed E-state index contributed by atoms with van der Waals surface area (Å²) in [5.41, 5.74) is 7.09. The molecule has 0 radical (unpaired) electrons. The molecular weight excluding hydrogens is 265 g/mol. The van der Waals surface area contributed by atoms with E-state index in [1.165, 1.54) is 6.07 Å². The Hall–Kier alpha value is -1.91. The van der Waals surface area contributed by atoms with Crippen molar-refractivity contribution in [3.8, 4) is 0 Å². The van der Waals surface area contributed by atoms with Crippen LogP contribution >= 0.6 is 0 Å². The van der Waals surface area contributed by atoms with Crippen LogP contribution in [0.25, 0.3) is 0 Å². The lowest BCUT2D eigenvalue weighted by molar-refractivity contribution is 0.547. The van der Waals surface area contributed by atoms with Gasteiger partial charge in [0.1, 0.15) is 5.82 Å². The van der Waals surface area contributed by atoms with Gasteiger partial charge in [0.2, 0.25) is 0 Å². The van der Waals surface area contributed by atoms with E-state index in [0.717, 1.165) is 22.4 Å². The minimum absolute atomic E-state index is 0.0401. The van der Waals surface area contributed by atoms with E-state index in [9.17, 15) is 4.39 Å². The Bertz CT molecular complexity index is 593. The molecule has 3 N–H and O–H groups in total. The summed E-state index contributed by atoms with van der Waals surface area (Å²) in [4.78, 5) is 2.05. The largest absolute Gasteiger partial charge is 0.378 e. The maximum atomic E-state index is 13.4. The van der Waals surface area contributed by atoms with Crippen LogP contribution in [0, 0.1) is 12.7 Å². The molecule has 112 valence electrons. The molecule has 0 saturated heterocycles. The average Bonchev–Trinajstić information content (AvgIpc) is 2.48. The molecule has 3 nitrogen and oxygen atoms in total. The minimum atomic E-state index is -0.214. The van der Waals surface area contributed by atoms with E-state index in [1.807, 2.05) is 25.9 Å². The molecule has 0 aliphatic heterocycles. The van der Waals surface area contributed by atoms with E-state index in [1.54, 1.807) is 12.1 Å². The molecule has 21 heavy (non-hydrogen) atoms. The first-order chi connectivity index (χ1) is 10.0. The van der Waals surface area contributed by atoms with Gasteiger partial charge in [-0.15, -0.1) is 0 Å². The maximum absolute atomic E-state index is 13.4. The molecule has 0 aromatic heterocycles. The van der Waals surface area contributed by atoms with E-state index in [2.05, 4.69) is 29.7 Å². The van der Waals surface area contributed by atoms with Crippen LogP contribution in [0.5, 0.6) is 0 Å². The number of hydrazine groups is 1. The third-order valence-corrected chi connectivity index (χ3v) is 3.75. The highest BCUT2D eigenvalue weighted by atomic mass is 19.1. The summed E-state index contributed by atoms with van der Waals surface area (Å²) in [7, 11) is 4.01. The normalized spacial score (nSPS) is 12.2. The Labute approximate surface area is 125 Å². The van der Waals surface area contributed by atoms with Crippen molar-refractivity contribution in [3.63, 3.8) is 0 Å². The zero-order valence-corrected chi connectivity index (χ0v) is 12.7. The quantitative estimate of drug-likeness (QED) is 0.656. The lowest BCUT2D eigenvalue weighted by atomic mass is 9.96. The standard InChI is InChI=1S/C17H22FN3/c1-12-4-7-15(18)10-14(12)11-17(20-19)13-5-8-16(9-6-13)21(2)3/h4-10,17,20H,11,19H2,1-3H3. The summed E-state index contributed by atoms with van der Waals surface area (Å²) in [5, 5.41) is 0. The highest BCUT2D eigenvalue weighted by Crippen LogP contribution is 2.22. The predicted molar refractivity (Wildman–Crippen MR) is 85.7 cm³/mol. The van der Waals surface area contributed by atoms with Crippen molar-refractivity contribution in [2.24, 2.45) is 5.84 Å². The van der Waals surface area contributed by atoms with Crippen LogP contribution in [0.2, 0.25) is 0 Å². The molecule has 0 bridgehead atoms. The number of halogens is 1. The van der Waals surface area contributed by atoms with Crippen molar-refractivity contribution in [2.45, 2.75) is 19.4 Å². The minimum Gasteiger partial charge on any atom is -0.378 e. The molecule has 1 unspecified atom stereocenters. The van der Waals surface area contributed by atoms with E-state index in [0.29, 0.717) is 6.42 Å². The van der Waals surface area contributed by atoms with E-state index >= 15 is 0 Å². The van der Waals surface area contributed by atoms with Gasteiger partial charge in [-0.2, -0.15) is 0 Å². The number of nitrogens with zero attached hydrogens (tertiary/aromatic N) is 1. The van der Waals surface area contributed by atoms with Gasteiger partial charge in [0, 0.05) is 25.8 Å². The van der Waals surface area contributed by atoms with Gasteiger partial charge in [0.05, 0.1) is 0 Å². The fourth-order valence-corrected chi connectivity index (χ4v) is 2.36. The third kappa shape index (κ3) is 3.80. The summed E-state index contributed by atoms with van der Waals surface area (Å²) >= 11 is 0. The molecule has 0 spiro atoms. The second kappa shape index (κ2) is 6.70. The Morgan fingerprint density at radius 3 is 2.38 bits per heavy atom. The number of anilines is 1. The molecule has 1 atom stereocenters. The summed E-state index contributed by atoms with van der Waals surface area (Å²) in [5.74, 6) is 5.47. The summed E-state index contributed by atoms with van der Waals surface area (Å²) in [6, 6.07) is 13.0. The molecular formula is C17H22FN3. The van der Waals surface area contributed by atoms with E-state index in [-0.39, 0.29) is 11.9 Å². The Morgan fingerprint density at radius 2 is 1.81 bits per heavy atom. The average molecular weight is 287 g/mol. The lowest BCUT2D eigenvalue weighted by Crippen LogP contribution is -2.29. The summed E-state index contributed by atoms with van der Waals surface area (Å²) in [6.45, 7) is 1.98. The second-order valence-electron chi connectivity index (χ2n) is 5.48. The van der Waals surface area contributed by atoms with Crippen molar-refractivity contribution in [2.75, 3.05) is 19.0 Å². The topological polar surface area (TPSA) is 41.3 Å². The first kappa shape index (κ1) is 15.5. The molecule has 0 aliphatic carbocycles. The number of benzene rings is 2. The number of nitrogens with two attached hydrogens (primary N) is 1. The highest BCUT2D eigenvalue weighted by Gasteiger charge is 2.13. The van der Waals surface area contributed by atoms with Crippen LogP contribution in [-0.2, 0) is 6.42 Å². The first-order valence-corrected chi connectivity index (χ1v) is 6.99. The van der Waals surface area contributed by atoms with Crippen LogP contribution in [0.3, 0.4) is 0 Å². The number of rotatable bonds is 5. The zero-order valence-electron chi connectivity index (χ0n) is 12.7. The number of nitrogens with one attached hydrogen (secondary N) is 1. The fraction of sp³-hybridized carbons (Fsp3) is 0.294. The predicted octanol–water partition coefficient (Wildman–Crippen LogP) is 2.95. The second-order valence-corrected chi connectivity index (χ2v) is 5.48. The highest BCUT2D eigenvalue weighted by molar-refractivity contribution is 5.46. The van der Waals surface area contributed by atoms with Crippen LogP contribution in [0.1, 0.15) is 22.7 Å². The van der Waals surface area contributed by atoms with Gasteiger partial charge in [-0.05, 0) is 54.3 Å². The molecule has 0 fully saturated rings. The third-order valence-electron chi connectivity index (χ3n) is 3.75. The maximum Gasteiger partial charge on any atom is 0.123 e. The molecule has 0 heterocycles. The van der Waals surface area contributed by atoms with Crippen LogP contribution in [0.4, 0.5) is 10.1 Å². The van der Waals surface area contributed by atoms with Gasteiger partial charge in [0.15, 0.2) is 0 Å². The number of hydrogen-bond acceptors (Lipinski definition) is 3. The van der Waals surface area contributed by atoms with Crippen LogP contribution in [-0.4, -0.2) is 14.1 Å². The Balaban J connectivity index is 2.21. The molecule has 2 aromatic carbocycles. The molecule has 4 heteroatoms. The van der Waals surface area contributed by atoms with Gasteiger partial charge in [-0.25, -0.2) is 4.39 Å². The smallest absolute Gasteiger partial charge is 0.123 e. The Morgan fingerprint density at radius 1 is 1.14 bits per heavy atom. The van der Waals surface area contributed by atoms with Gasteiger partial charge >= 0.3 is 0 Å². The van der Waals surface area contributed by atoms with E-state index in [4.69, 9.17) is 5.84 Å². The number of hydrogen-bond donors (Lipinski definition) is 2. The van der Waals surface area contributed by atoms with Crippen LogP contribution in [0.15, 0.2) is 42.5 Å². The molecule has 0 amide bonds. The SMILES string of the molecule is Cc1ccc(F)cc1CC(NN)c1ccc(N(C)C)cc1. The van der Waals surface area contributed by atoms with Gasteiger partial charge in [-0.3, -0.25) is 11.3 Å². The summed E-state index contributed by atoms with van der Waals surface area (Å²) in [6.07, 6.45) is 0.654. The van der Waals surface area contributed by atoms with Crippen LogP contribution < -0.4 is 16.2 Å². The van der Waals surface area contributed by atoms with E-state index < -0.39 is 0 Å². The Kier molecular flexibility index (Phi) is 4.94.